The van der Waals surface area contributed by atoms with E-state index in [1.54, 1.807) is 13.0 Å². The number of aromatic nitrogens is 1. The fourth-order valence-corrected chi connectivity index (χ4v) is 4.02. The third-order valence-corrected chi connectivity index (χ3v) is 5.84. The molecule has 1 aromatic carbocycles. The first-order valence-electron chi connectivity index (χ1n) is 9.14. The summed E-state index contributed by atoms with van der Waals surface area (Å²) in [5.74, 6) is 0. The van der Waals surface area contributed by atoms with E-state index in [-0.39, 0.29) is 10.8 Å². The van der Waals surface area contributed by atoms with Crippen molar-refractivity contribution in [3.63, 3.8) is 0 Å². The molecule has 0 bridgehead atoms. The standard InChI is InChI=1S/C21H27F3N2O2S/c1-13-10-15(19(2,3)4)16(20(5,6)7)11-17(13)26-29(27,28)18-9-8-14(12-25-18)21(22,23)24/h8-12,26H,1-7H3. The SMILES string of the molecule is Cc1cc(C(C)(C)C)c(C(C)(C)C)cc1NS(=O)(=O)c1ccc(C(F)(F)F)cn1. The van der Waals surface area contributed by atoms with Crippen molar-refractivity contribution >= 4 is 15.7 Å². The zero-order valence-corrected chi connectivity index (χ0v) is 18.5. The maximum atomic E-state index is 12.7. The Morgan fingerprint density at radius 2 is 1.41 bits per heavy atom. The summed E-state index contributed by atoms with van der Waals surface area (Å²) in [7, 11) is -4.14. The molecule has 0 amide bonds. The number of rotatable bonds is 3. The highest BCUT2D eigenvalue weighted by atomic mass is 32.2. The average molecular weight is 429 g/mol. The number of pyridine rings is 1. The molecule has 0 fully saturated rings. The number of sulfonamides is 1. The van der Waals surface area contributed by atoms with E-state index in [9.17, 15) is 21.6 Å². The largest absolute Gasteiger partial charge is 0.417 e. The van der Waals surface area contributed by atoms with Crippen LogP contribution in [-0.2, 0) is 27.0 Å². The fourth-order valence-electron chi connectivity index (χ4n) is 2.96. The Bertz CT molecular complexity index is 998. The fraction of sp³-hybridized carbons (Fsp3) is 0.476. The molecule has 8 heteroatoms. The predicted octanol–water partition coefficient (Wildman–Crippen LogP) is 5.80. The highest BCUT2D eigenvalue weighted by molar-refractivity contribution is 7.92. The molecule has 2 aromatic rings. The number of benzene rings is 1. The van der Waals surface area contributed by atoms with E-state index in [0.717, 1.165) is 22.8 Å². The third kappa shape index (κ3) is 5.29. The van der Waals surface area contributed by atoms with Crippen molar-refractivity contribution in [2.75, 3.05) is 4.72 Å². The summed E-state index contributed by atoms with van der Waals surface area (Å²) in [6.45, 7) is 14.2. The Labute approximate surface area is 170 Å². The molecule has 2 rings (SSSR count). The molecule has 0 radical (unpaired) electrons. The average Bonchev–Trinajstić information content (AvgIpc) is 2.53. The van der Waals surface area contributed by atoms with Gasteiger partial charge in [-0.1, -0.05) is 47.6 Å². The van der Waals surface area contributed by atoms with E-state index < -0.39 is 26.8 Å². The molecule has 29 heavy (non-hydrogen) atoms. The van der Waals surface area contributed by atoms with E-state index in [1.807, 2.05) is 26.8 Å². The number of alkyl halides is 3. The number of hydrogen-bond acceptors (Lipinski definition) is 3. The number of aryl methyl sites for hydroxylation is 1. The Morgan fingerprint density at radius 1 is 0.897 bits per heavy atom. The van der Waals surface area contributed by atoms with Crippen molar-refractivity contribution in [1.29, 1.82) is 0 Å². The van der Waals surface area contributed by atoms with Crippen LogP contribution >= 0.6 is 0 Å². The molecule has 0 aliphatic carbocycles. The molecule has 1 aromatic heterocycles. The molecule has 4 nitrogen and oxygen atoms in total. The highest BCUT2D eigenvalue weighted by Crippen LogP contribution is 2.37. The zero-order valence-electron chi connectivity index (χ0n) is 17.7. The minimum absolute atomic E-state index is 0.139. The van der Waals surface area contributed by atoms with Crippen LogP contribution in [0.25, 0.3) is 0 Å². The van der Waals surface area contributed by atoms with Gasteiger partial charge in [0.05, 0.1) is 11.3 Å². The van der Waals surface area contributed by atoms with Gasteiger partial charge in [-0.2, -0.15) is 21.6 Å². The zero-order chi connectivity index (χ0) is 22.4. The van der Waals surface area contributed by atoms with Crippen molar-refractivity contribution < 1.29 is 21.6 Å². The van der Waals surface area contributed by atoms with Crippen LogP contribution in [0.2, 0.25) is 0 Å². The van der Waals surface area contributed by atoms with Gasteiger partial charge < -0.3 is 0 Å². The normalized spacial score (nSPS) is 13.4. The van der Waals surface area contributed by atoms with Gasteiger partial charge in [0, 0.05) is 6.20 Å². The molecular formula is C21H27F3N2O2S. The van der Waals surface area contributed by atoms with Crippen LogP contribution in [0.4, 0.5) is 18.9 Å². The van der Waals surface area contributed by atoms with Gasteiger partial charge in [-0.15, -0.1) is 0 Å². The Hall–Kier alpha value is -2.09. The van der Waals surface area contributed by atoms with Gasteiger partial charge in [0.1, 0.15) is 0 Å². The number of hydrogen-bond donors (Lipinski definition) is 1. The summed E-state index contributed by atoms with van der Waals surface area (Å²) in [6.07, 6.45) is -4.06. The second kappa shape index (κ2) is 7.31. The van der Waals surface area contributed by atoms with Crippen molar-refractivity contribution in [3.8, 4) is 0 Å². The lowest BCUT2D eigenvalue weighted by molar-refractivity contribution is -0.137. The van der Waals surface area contributed by atoms with E-state index in [2.05, 4.69) is 30.5 Å². The predicted molar refractivity (Wildman–Crippen MR) is 109 cm³/mol. The molecule has 0 atom stereocenters. The maximum Gasteiger partial charge on any atom is 0.417 e. The monoisotopic (exact) mass is 428 g/mol. The first-order valence-corrected chi connectivity index (χ1v) is 10.6. The summed E-state index contributed by atoms with van der Waals surface area (Å²) < 4.78 is 66.0. The van der Waals surface area contributed by atoms with E-state index in [4.69, 9.17) is 0 Å². The second-order valence-electron chi connectivity index (χ2n) is 9.20. The highest BCUT2D eigenvalue weighted by Gasteiger charge is 2.32. The number of nitrogens with zero attached hydrogens (tertiary/aromatic N) is 1. The molecule has 0 unspecified atom stereocenters. The summed E-state index contributed by atoms with van der Waals surface area (Å²) in [5.41, 5.74) is 1.83. The summed E-state index contributed by atoms with van der Waals surface area (Å²) in [6, 6.07) is 5.32. The van der Waals surface area contributed by atoms with Crippen LogP contribution in [0.1, 0.15) is 63.8 Å². The van der Waals surface area contributed by atoms with Crippen molar-refractivity contribution in [1.82, 2.24) is 4.98 Å². The van der Waals surface area contributed by atoms with Gasteiger partial charge >= 0.3 is 6.18 Å². The second-order valence-corrected chi connectivity index (χ2v) is 10.8. The quantitative estimate of drug-likeness (QED) is 0.672. The molecule has 0 aliphatic heterocycles. The van der Waals surface area contributed by atoms with E-state index >= 15 is 0 Å². The van der Waals surface area contributed by atoms with Crippen LogP contribution in [0.5, 0.6) is 0 Å². The van der Waals surface area contributed by atoms with Crippen LogP contribution in [0.3, 0.4) is 0 Å². The molecule has 1 heterocycles. The topological polar surface area (TPSA) is 59.1 Å². The molecular weight excluding hydrogens is 401 g/mol. The maximum absolute atomic E-state index is 12.7. The van der Waals surface area contributed by atoms with Crippen LogP contribution in [0.15, 0.2) is 35.5 Å². The Kier molecular flexibility index (Phi) is 5.84. The van der Waals surface area contributed by atoms with Gasteiger partial charge in [-0.05, 0) is 52.6 Å². The first kappa shape index (κ1) is 23.2. The van der Waals surface area contributed by atoms with E-state index in [0.29, 0.717) is 18.0 Å². The number of halogens is 3. The molecule has 0 aliphatic rings. The smallest absolute Gasteiger partial charge is 0.278 e. The van der Waals surface area contributed by atoms with E-state index in [1.165, 1.54) is 0 Å². The van der Waals surface area contributed by atoms with Crippen molar-refractivity contribution in [3.05, 3.63) is 52.7 Å². The van der Waals surface area contributed by atoms with Crippen LogP contribution in [-0.4, -0.2) is 13.4 Å². The lowest BCUT2D eigenvalue weighted by Crippen LogP contribution is -2.23. The first-order chi connectivity index (χ1) is 12.9. The number of anilines is 1. The minimum atomic E-state index is -4.58. The summed E-state index contributed by atoms with van der Waals surface area (Å²) in [4.78, 5) is 3.50. The van der Waals surface area contributed by atoms with Gasteiger partial charge in [-0.25, -0.2) is 4.98 Å². The minimum Gasteiger partial charge on any atom is -0.278 e. The van der Waals surface area contributed by atoms with Gasteiger partial charge in [0.15, 0.2) is 5.03 Å². The molecule has 160 valence electrons. The third-order valence-electron chi connectivity index (χ3n) is 4.56. The van der Waals surface area contributed by atoms with Crippen molar-refractivity contribution in [2.24, 2.45) is 0 Å². The Balaban J connectivity index is 2.50. The molecule has 0 saturated heterocycles. The molecule has 1 N–H and O–H groups in total. The van der Waals surface area contributed by atoms with Crippen LogP contribution in [0, 0.1) is 6.92 Å². The molecule has 0 saturated carbocycles. The molecule has 0 spiro atoms. The lowest BCUT2D eigenvalue weighted by Gasteiger charge is -2.31. The summed E-state index contributed by atoms with van der Waals surface area (Å²) in [5, 5.41) is -0.470. The van der Waals surface area contributed by atoms with Gasteiger partial charge in [-0.3, -0.25) is 4.72 Å². The lowest BCUT2D eigenvalue weighted by atomic mass is 9.74. The number of nitrogens with one attached hydrogen (secondary N) is 1. The van der Waals surface area contributed by atoms with Gasteiger partial charge in [0.2, 0.25) is 0 Å². The summed E-state index contributed by atoms with van der Waals surface area (Å²) >= 11 is 0. The van der Waals surface area contributed by atoms with Crippen LogP contribution < -0.4 is 4.72 Å². The van der Waals surface area contributed by atoms with Crippen molar-refractivity contribution in [2.45, 2.75) is 70.5 Å². The van der Waals surface area contributed by atoms with Gasteiger partial charge in [0.25, 0.3) is 10.0 Å². The Morgan fingerprint density at radius 3 is 1.83 bits per heavy atom.